The quantitative estimate of drug-likeness (QED) is 0.570. The molecule has 1 aromatic rings. The number of rotatable bonds is 5. The standard InChI is InChI=1S/C11H14O3S/c1-3-14-11(13)8(2)10(12)7-9-5-4-6-15-9/h4-6,8H,3,7H2,1-2H3/t8-/m1/s1. The van der Waals surface area contributed by atoms with Crippen LogP contribution in [0.15, 0.2) is 17.5 Å². The van der Waals surface area contributed by atoms with Gasteiger partial charge in [-0.2, -0.15) is 0 Å². The summed E-state index contributed by atoms with van der Waals surface area (Å²) in [4.78, 5) is 23.9. The van der Waals surface area contributed by atoms with Crippen LogP contribution in [-0.4, -0.2) is 18.4 Å². The maximum Gasteiger partial charge on any atom is 0.316 e. The molecule has 0 fully saturated rings. The van der Waals surface area contributed by atoms with Crippen molar-refractivity contribution >= 4 is 23.1 Å². The molecule has 1 heterocycles. The molecular formula is C11H14O3S. The highest BCUT2D eigenvalue weighted by molar-refractivity contribution is 7.10. The van der Waals surface area contributed by atoms with Gasteiger partial charge in [0.1, 0.15) is 5.92 Å². The van der Waals surface area contributed by atoms with Gasteiger partial charge in [0.2, 0.25) is 0 Å². The van der Waals surface area contributed by atoms with Gasteiger partial charge in [0.05, 0.1) is 6.61 Å². The van der Waals surface area contributed by atoms with Gasteiger partial charge < -0.3 is 4.74 Å². The van der Waals surface area contributed by atoms with Crippen molar-refractivity contribution in [2.75, 3.05) is 6.61 Å². The van der Waals surface area contributed by atoms with Crippen LogP contribution in [0.2, 0.25) is 0 Å². The highest BCUT2D eigenvalue weighted by Gasteiger charge is 2.22. The average molecular weight is 226 g/mol. The molecule has 0 aromatic carbocycles. The van der Waals surface area contributed by atoms with Gasteiger partial charge in [0.25, 0.3) is 0 Å². The average Bonchev–Trinajstić information content (AvgIpc) is 2.69. The van der Waals surface area contributed by atoms with Crippen molar-refractivity contribution in [3.8, 4) is 0 Å². The Morgan fingerprint density at radius 2 is 2.27 bits per heavy atom. The SMILES string of the molecule is CCOC(=O)[C@H](C)C(=O)Cc1cccs1. The Labute approximate surface area is 93.1 Å². The molecule has 0 aliphatic rings. The van der Waals surface area contributed by atoms with Gasteiger partial charge in [-0.15, -0.1) is 11.3 Å². The van der Waals surface area contributed by atoms with E-state index >= 15 is 0 Å². The van der Waals surface area contributed by atoms with Gasteiger partial charge in [0, 0.05) is 11.3 Å². The molecule has 0 aliphatic heterocycles. The number of esters is 1. The fourth-order valence-corrected chi connectivity index (χ4v) is 1.85. The summed E-state index contributed by atoms with van der Waals surface area (Å²) in [5.74, 6) is -1.18. The Bertz CT molecular complexity index is 330. The first-order valence-electron chi connectivity index (χ1n) is 4.87. The van der Waals surface area contributed by atoms with E-state index in [4.69, 9.17) is 4.74 Å². The predicted molar refractivity (Wildman–Crippen MR) is 58.8 cm³/mol. The summed E-state index contributed by atoms with van der Waals surface area (Å²) in [6.45, 7) is 3.64. The van der Waals surface area contributed by atoms with Crippen LogP contribution in [0.25, 0.3) is 0 Å². The van der Waals surface area contributed by atoms with E-state index in [0.29, 0.717) is 13.0 Å². The van der Waals surface area contributed by atoms with Crippen LogP contribution < -0.4 is 0 Å². The van der Waals surface area contributed by atoms with Crippen LogP contribution in [0.3, 0.4) is 0 Å². The number of hydrogen-bond donors (Lipinski definition) is 0. The molecule has 0 aliphatic carbocycles. The maximum absolute atomic E-state index is 11.6. The van der Waals surface area contributed by atoms with E-state index in [1.54, 1.807) is 13.8 Å². The van der Waals surface area contributed by atoms with Gasteiger partial charge >= 0.3 is 5.97 Å². The zero-order valence-electron chi connectivity index (χ0n) is 8.86. The predicted octanol–water partition coefficient (Wildman–Crippen LogP) is 2.06. The lowest BCUT2D eigenvalue weighted by Crippen LogP contribution is -2.24. The molecule has 4 heteroatoms. The van der Waals surface area contributed by atoms with Crippen molar-refractivity contribution in [2.45, 2.75) is 20.3 Å². The molecule has 0 unspecified atom stereocenters. The fraction of sp³-hybridized carbons (Fsp3) is 0.455. The van der Waals surface area contributed by atoms with E-state index in [0.717, 1.165) is 4.88 Å². The van der Waals surface area contributed by atoms with E-state index in [1.165, 1.54) is 11.3 Å². The minimum absolute atomic E-state index is 0.0871. The van der Waals surface area contributed by atoms with E-state index < -0.39 is 11.9 Å². The van der Waals surface area contributed by atoms with Crippen LogP contribution in [0.4, 0.5) is 0 Å². The second-order valence-electron chi connectivity index (χ2n) is 3.20. The van der Waals surface area contributed by atoms with Gasteiger partial charge in [-0.3, -0.25) is 9.59 Å². The summed E-state index contributed by atoms with van der Waals surface area (Å²) in [7, 11) is 0. The third kappa shape index (κ3) is 3.47. The number of carbonyl (C=O) groups is 2. The number of hydrogen-bond acceptors (Lipinski definition) is 4. The van der Waals surface area contributed by atoms with Gasteiger partial charge in [-0.05, 0) is 25.3 Å². The number of ether oxygens (including phenoxy) is 1. The summed E-state index contributed by atoms with van der Waals surface area (Å²) in [6, 6.07) is 3.78. The first-order valence-corrected chi connectivity index (χ1v) is 5.74. The van der Waals surface area contributed by atoms with Crippen molar-refractivity contribution in [1.82, 2.24) is 0 Å². The molecule has 1 aromatic heterocycles. The molecule has 0 saturated heterocycles. The Morgan fingerprint density at radius 3 is 2.80 bits per heavy atom. The molecule has 0 amide bonds. The van der Waals surface area contributed by atoms with Crippen LogP contribution in [0, 0.1) is 5.92 Å². The lowest BCUT2D eigenvalue weighted by atomic mass is 10.0. The number of ketones is 1. The van der Waals surface area contributed by atoms with Gasteiger partial charge in [-0.1, -0.05) is 6.07 Å². The summed E-state index contributed by atoms with van der Waals surface area (Å²) in [5.41, 5.74) is 0. The molecule has 3 nitrogen and oxygen atoms in total. The molecule has 0 bridgehead atoms. The molecule has 0 radical (unpaired) electrons. The van der Waals surface area contributed by atoms with Crippen molar-refractivity contribution in [3.63, 3.8) is 0 Å². The molecule has 15 heavy (non-hydrogen) atoms. The summed E-state index contributed by atoms with van der Waals surface area (Å²) < 4.78 is 4.79. The first-order chi connectivity index (χ1) is 7.15. The number of carbonyl (C=O) groups excluding carboxylic acids is 2. The summed E-state index contributed by atoms with van der Waals surface area (Å²) >= 11 is 1.52. The third-order valence-electron chi connectivity index (χ3n) is 2.05. The Kier molecular flexibility index (Phi) is 4.49. The molecular weight excluding hydrogens is 212 g/mol. The molecule has 1 atom stereocenters. The first kappa shape index (κ1) is 11.9. The van der Waals surface area contributed by atoms with Crippen molar-refractivity contribution in [3.05, 3.63) is 22.4 Å². The van der Waals surface area contributed by atoms with E-state index in [-0.39, 0.29) is 5.78 Å². The molecule has 1 rings (SSSR count). The Balaban J connectivity index is 2.50. The number of thiophene rings is 1. The largest absolute Gasteiger partial charge is 0.465 e. The molecule has 0 saturated carbocycles. The van der Waals surface area contributed by atoms with Crippen molar-refractivity contribution < 1.29 is 14.3 Å². The lowest BCUT2D eigenvalue weighted by Gasteiger charge is -2.08. The topological polar surface area (TPSA) is 43.4 Å². The highest BCUT2D eigenvalue weighted by Crippen LogP contribution is 2.12. The van der Waals surface area contributed by atoms with Gasteiger partial charge in [-0.25, -0.2) is 0 Å². The van der Waals surface area contributed by atoms with Crippen LogP contribution >= 0.6 is 11.3 Å². The van der Waals surface area contributed by atoms with Crippen molar-refractivity contribution in [1.29, 1.82) is 0 Å². The summed E-state index contributed by atoms with van der Waals surface area (Å²) in [5, 5.41) is 1.91. The van der Waals surface area contributed by atoms with Gasteiger partial charge in [0.15, 0.2) is 5.78 Å². The minimum atomic E-state index is -0.660. The zero-order chi connectivity index (χ0) is 11.3. The summed E-state index contributed by atoms with van der Waals surface area (Å²) in [6.07, 6.45) is 0.317. The lowest BCUT2D eigenvalue weighted by molar-refractivity contribution is -0.150. The van der Waals surface area contributed by atoms with Crippen molar-refractivity contribution in [2.24, 2.45) is 5.92 Å². The van der Waals surface area contributed by atoms with Crippen LogP contribution in [0.5, 0.6) is 0 Å². The second kappa shape index (κ2) is 5.66. The Hall–Kier alpha value is -1.16. The van der Waals surface area contributed by atoms with Crippen LogP contribution in [0.1, 0.15) is 18.7 Å². The van der Waals surface area contributed by atoms with E-state index in [9.17, 15) is 9.59 Å². The second-order valence-corrected chi connectivity index (χ2v) is 4.23. The van der Waals surface area contributed by atoms with E-state index in [2.05, 4.69) is 0 Å². The smallest absolute Gasteiger partial charge is 0.316 e. The van der Waals surface area contributed by atoms with E-state index in [1.807, 2.05) is 17.5 Å². The Morgan fingerprint density at radius 1 is 1.53 bits per heavy atom. The fourth-order valence-electron chi connectivity index (χ4n) is 1.14. The molecule has 0 spiro atoms. The minimum Gasteiger partial charge on any atom is -0.465 e. The normalized spacial score (nSPS) is 12.1. The van der Waals surface area contributed by atoms with Crippen LogP contribution in [-0.2, 0) is 20.7 Å². The molecule has 0 N–H and O–H groups in total. The molecule has 82 valence electrons. The third-order valence-corrected chi connectivity index (χ3v) is 2.93. The maximum atomic E-state index is 11.6. The zero-order valence-corrected chi connectivity index (χ0v) is 9.67. The monoisotopic (exact) mass is 226 g/mol. The number of Topliss-reactive ketones (excluding diaryl/α,β-unsaturated/α-hetero) is 1. The highest BCUT2D eigenvalue weighted by atomic mass is 32.1.